The third-order valence-corrected chi connectivity index (χ3v) is 3.45. The van der Waals surface area contributed by atoms with Crippen molar-refractivity contribution in [2.24, 2.45) is 5.92 Å². The molecule has 1 amide bonds. The summed E-state index contributed by atoms with van der Waals surface area (Å²) in [4.78, 5) is 15.8. The highest BCUT2D eigenvalue weighted by Crippen LogP contribution is 2.23. The summed E-state index contributed by atoms with van der Waals surface area (Å²) in [6.07, 6.45) is 6.41. The van der Waals surface area contributed by atoms with E-state index < -0.39 is 0 Å². The molecule has 18 heavy (non-hydrogen) atoms. The number of amides is 1. The summed E-state index contributed by atoms with van der Waals surface area (Å²) in [5.74, 6) is 1.00. The Morgan fingerprint density at radius 1 is 1.44 bits per heavy atom. The molecule has 0 aromatic carbocycles. The first-order valence-electron chi connectivity index (χ1n) is 6.59. The van der Waals surface area contributed by atoms with Crippen LogP contribution >= 0.6 is 0 Å². The lowest BCUT2D eigenvalue weighted by molar-refractivity contribution is -0.124. The average molecular weight is 248 g/mol. The summed E-state index contributed by atoms with van der Waals surface area (Å²) in [6.45, 7) is 2.24. The van der Waals surface area contributed by atoms with E-state index in [2.05, 4.69) is 17.2 Å². The van der Waals surface area contributed by atoms with Crippen molar-refractivity contribution in [1.82, 2.24) is 10.3 Å². The molecule has 0 spiro atoms. The number of pyridine rings is 1. The van der Waals surface area contributed by atoms with Crippen molar-refractivity contribution in [2.75, 3.05) is 6.61 Å². The maximum Gasteiger partial charge on any atom is 0.258 e. The number of carbonyl (C=O) groups is 1. The van der Waals surface area contributed by atoms with Gasteiger partial charge in [-0.15, -0.1) is 0 Å². The van der Waals surface area contributed by atoms with E-state index in [1.54, 1.807) is 12.3 Å². The van der Waals surface area contributed by atoms with Gasteiger partial charge in [0.15, 0.2) is 6.61 Å². The van der Waals surface area contributed by atoms with Gasteiger partial charge < -0.3 is 10.1 Å². The number of ether oxygens (including phenoxy) is 1. The van der Waals surface area contributed by atoms with Crippen LogP contribution in [0.4, 0.5) is 0 Å². The van der Waals surface area contributed by atoms with Crippen LogP contribution in [0.2, 0.25) is 0 Å². The molecular formula is C14H20N2O2. The highest BCUT2D eigenvalue weighted by Gasteiger charge is 2.22. The standard InChI is InChI=1S/C14H20N2O2/c1-11-6-2-3-7-12(11)16-13(17)10-18-14-8-4-5-9-15-14/h4-5,8-9,11-12H,2-3,6-7,10H2,1H3,(H,16,17)/t11-,12+/m0/s1. The number of rotatable bonds is 4. The summed E-state index contributed by atoms with van der Waals surface area (Å²) in [5.41, 5.74) is 0. The zero-order valence-electron chi connectivity index (χ0n) is 10.8. The van der Waals surface area contributed by atoms with Gasteiger partial charge in [-0.3, -0.25) is 4.79 Å². The molecule has 1 saturated carbocycles. The topological polar surface area (TPSA) is 51.2 Å². The van der Waals surface area contributed by atoms with Crippen LogP contribution in [0.3, 0.4) is 0 Å². The summed E-state index contributed by atoms with van der Waals surface area (Å²) in [6, 6.07) is 5.70. The second kappa shape index (κ2) is 6.38. The molecule has 0 aliphatic heterocycles. The maximum atomic E-state index is 11.8. The minimum Gasteiger partial charge on any atom is -0.468 e. The first-order chi connectivity index (χ1) is 8.75. The quantitative estimate of drug-likeness (QED) is 0.888. The fourth-order valence-corrected chi connectivity index (χ4v) is 2.35. The van der Waals surface area contributed by atoms with Crippen LogP contribution in [0.25, 0.3) is 0 Å². The van der Waals surface area contributed by atoms with Gasteiger partial charge in [-0.05, 0) is 24.8 Å². The van der Waals surface area contributed by atoms with Gasteiger partial charge in [0.25, 0.3) is 5.91 Å². The monoisotopic (exact) mass is 248 g/mol. The second-order valence-corrected chi connectivity index (χ2v) is 4.89. The summed E-state index contributed by atoms with van der Waals surface area (Å²) >= 11 is 0. The Morgan fingerprint density at radius 2 is 2.28 bits per heavy atom. The van der Waals surface area contributed by atoms with Crippen molar-refractivity contribution in [2.45, 2.75) is 38.6 Å². The Kier molecular flexibility index (Phi) is 4.56. The fraction of sp³-hybridized carbons (Fsp3) is 0.571. The van der Waals surface area contributed by atoms with Gasteiger partial charge in [-0.1, -0.05) is 25.8 Å². The van der Waals surface area contributed by atoms with Crippen molar-refractivity contribution in [3.05, 3.63) is 24.4 Å². The Labute approximate surface area is 108 Å². The van der Waals surface area contributed by atoms with E-state index in [0.29, 0.717) is 17.8 Å². The van der Waals surface area contributed by atoms with Crippen molar-refractivity contribution < 1.29 is 9.53 Å². The van der Waals surface area contributed by atoms with Crippen molar-refractivity contribution in [3.63, 3.8) is 0 Å². The first-order valence-corrected chi connectivity index (χ1v) is 6.59. The zero-order chi connectivity index (χ0) is 12.8. The van der Waals surface area contributed by atoms with E-state index in [-0.39, 0.29) is 12.5 Å². The van der Waals surface area contributed by atoms with E-state index >= 15 is 0 Å². The summed E-state index contributed by atoms with van der Waals surface area (Å²) < 4.78 is 5.32. The predicted octanol–water partition coefficient (Wildman–Crippen LogP) is 2.16. The number of nitrogens with zero attached hydrogens (tertiary/aromatic N) is 1. The molecule has 2 atom stereocenters. The van der Waals surface area contributed by atoms with E-state index in [1.807, 2.05) is 12.1 Å². The molecule has 0 bridgehead atoms. The Hall–Kier alpha value is -1.58. The number of nitrogens with one attached hydrogen (secondary N) is 1. The third kappa shape index (κ3) is 3.72. The largest absolute Gasteiger partial charge is 0.468 e. The highest BCUT2D eigenvalue weighted by molar-refractivity contribution is 5.77. The molecule has 0 unspecified atom stereocenters. The minimum absolute atomic E-state index is 0.0419. The molecule has 1 N–H and O–H groups in total. The number of hydrogen-bond acceptors (Lipinski definition) is 3. The molecule has 1 fully saturated rings. The normalized spacial score (nSPS) is 23.4. The van der Waals surface area contributed by atoms with Gasteiger partial charge >= 0.3 is 0 Å². The Balaban J connectivity index is 1.75. The van der Waals surface area contributed by atoms with Crippen LogP contribution in [0.1, 0.15) is 32.6 Å². The third-order valence-electron chi connectivity index (χ3n) is 3.45. The smallest absolute Gasteiger partial charge is 0.258 e. The van der Waals surface area contributed by atoms with E-state index in [0.717, 1.165) is 6.42 Å². The van der Waals surface area contributed by atoms with Crippen LogP contribution in [0.15, 0.2) is 24.4 Å². The molecule has 1 aliphatic rings. The van der Waals surface area contributed by atoms with Gasteiger partial charge in [-0.2, -0.15) is 0 Å². The van der Waals surface area contributed by atoms with Crippen molar-refractivity contribution in [3.8, 4) is 5.88 Å². The number of aromatic nitrogens is 1. The van der Waals surface area contributed by atoms with Crippen LogP contribution in [-0.2, 0) is 4.79 Å². The molecular weight excluding hydrogens is 228 g/mol. The summed E-state index contributed by atoms with van der Waals surface area (Å²) in [7, 11) is 0. The predicted molar refractivity (Wildman–Crippen MR) is 69.3 cm³/mol. The SMILES string of the molecule is C[C@H]1CCCC[C@H]1NC(=O)COc1ccccn1. The molecule has 98 valence electrons. The molecule has 1 aromatic rings. The molecule has 0 saturated heterocycles. The van der Waals surface area contributed by atoms with E-state index in [1.165, 1.54) is 19.3 Å². The van der Waals surface area contributed by atoms with Gasteiger partial charge in [0.2, 0.25) is 5.88 Å². The molecule has 1 aliphatic carbocycles. The highest BCUT2D eigenvalue weighted by atomic mass is 16.5. The van der Waals surface area contributed by atoms with Crippen LogP contribution in [0, 0.1) is 5.92 Å². The number of carbonyl (C=O) groups excluding carboxylic acids is 1. The van der Waals surface area contributed by atoms with Gasteiger partial charge in [0, 0.05) is 18.3 Å². The van der Waals surface area contributed by atoms with Gasteiger partial charge in [0.05, 0.1) is 0 Å². The zero-order valence-corrected chi connectivity index (χ0v) is 10.8. The molecule has 1 heterocycles. The fourth-order valence-electron chi connectivity index (χ4n) is 2.35. The second-order valence-electron chi connectivity index (χ2n) is 4.89. The number of hydrogen-bond donors (Lipinski definition) is 1. The molecule has 4 heteroatoms. The summed E-state index contributed by atoms with van der Waals surface area (Å²) in [5, 5.41) is 3.05. The Morgan fingerprint density at radius 3 is 3.00 bits per heavy atom. The van der Waals surface area contributed by atoms with Crippen molar-refractivity contribution >= 4 is 5.91 Å². The maximum absolute atomic E-state index is 11.8. The average Bonchev–Trinajstić information content (AvgIpc) is 2.40. The van der Waals surface area contributed by atoms with Crippen molar-refractivity contribution in [1.29, 1.82) is 0 Å². The van der Waals surface area contributed by atoms with Gasteiger partial charge in [0.1, 0.15) is 0 Å². The van der Waals surface area contributed by atoms with Gasteiger partial charge in [-0.25, -0.2) is 4.98 Å². The lowest BCUT2D eigenvalue weighted by atomic mass is 9.86. The lowest BCUT2D eigenvalue weighted by Crippen LogP contribution is -2.43. The molecule has 1 aromatic heterocycles. The molecule has 2 rings (SSSR count). The van der Waals surface area contributed by atoms with E-state index in [9.17, 15) is 4.79 Å². The lowest BCUT2D eigenvalue weighted by Gasteiger charge is -2.29. The van der Waals surface area contributed by atoms with Crippen LogP contribution in [0.5, 0.6) is 5.88 Å². The van der Waals surface area contributed by atoms with Crippen LogP contribution in [-0.4, -0.2) is 23.5 Å². The molecule has 0 radical (unpaired) electrons. The van der Waals surface area contributed by atoms with E-state index in [4.69, 9.17) is 4.74 Å². The Bertz CT molecular complexity index is 381. The first kappa shape index (κ1) is 12.9. The minimum atomic E-state index is -0.0561. The van der Waals surface area contributed by atoms with Crippen LogP contribution < -0.4 is 10.1 Å². The molecule has 4 nitrogen and oxygen atoms in total.